The van der Waals surface area contributed by atoms with Crippen LogP contribution in [0.15, 0.2) is 0 Å². The molecule has 0 aromatic carbocycles. The molecule has 0 fully saturated rings. The van der Waals surface area contributed by atoms with Crippen LogP contribution in [-0.4, -0.2) is 308 Å². The smallest absolute Gasteiger partial charge is 2.00 e. The zero-order valence-corrected chi connectivity index (χ0v) is 30.1. The Kier molecular flexibility index (Phi) is 584. The Morgan fingerprint density at radius 3 is 0.294 bits per heavy atom. The van der Waals surface area contributed by atoms with E-state index in [1.54, 1.807) is 0 Å². The van der Waals surface area contributed by atoms with Crippen molar-refractivity contribution in [1.82, 2.24) is 0 Å². The summed E-state index contributed by atoms with van der Waals surface area (Å²) in [7, 11) is 0. The van der Waals surface area contributed by atoms with Crippen LogP contribution >= 0.6 is 0 Å². The Morgan fingerprint density at radius 1 is 0.294 bits per heavy atom. The van der Waals surface area contributed by atoms with Gasteiger partial charge in [-0.3, -0.25) is 0 Å². The number of carboxylic acid groups (broad SMARTS) is 10. The van der Waals surface area contributed by atoms with E-state index in [1.165, 1.54) is 0 Å². The maximum Gasteiger partial charge on any atom is 3.00 e. The van der Waals surface area contributed by atoms with E-state index in [0.717, 1.165) is 0 Å². The first-order valence-electron chi connectivity index (χ1n) is 3.26. The Labute approximate surface area is 352 Å². The monoisotopic (exact) mass is 676 g/mol. The molecule has 0 aliphatic heterocycles. The zero-order valence-electron chi connectivity index (χ0n) is 16.7. The van der Waals surface area contributed by atoms with Gasteiger partial charge in [-0.15, -0.1) is 0 Å². The van der Waals surface area contributed by atoms with Crippen LogP contribution in [0.1, 0.15) is 0 Å². The summed E-state index contributed by atoms with van der Waals surface area (Å²) < 4.78 is 0. The number of hydrogen-bond donors (Lipinski definition) is 10. The Morgan fingerprint density at radius 2 is 0.294 bits per heavy atom. The van der Waals surface area contributed by atoms with Crippen molar-refractivity contribution in [2.75, 3.05) is 0 Å². The van der Waals surface area contributed by atoms with Crippen LogP contribution in [-0.2, 0) is 27.4 Å². The van der Waals surface area contributed by atoms with Crippen molar-refractivity contribution < 1.29 is 108 Å². The molecule has 0 aromatic heterocycles. The van der Waals surface area contributed by atoms with Crippen LogP contribution < -0.4 is 0 Å². The fourth-order valence-electron chi connectivity index (χ4n) is 0. The van der Waals surface area contributed by atoms with Gasteiger partial charge in [-0.2, -0.15) is 0 Å². The first-order valence-corrected chi connectivity index (χ1v) is 3.26. The largest absolute Gasteiger partial charge is 3.00 e. The molecule has 0 unspecified atom stereocenters. The number of hydrogen-bond acceptors (Lipinski definition) is 5. The molecule has 29 heteroatoms. The van der Waals surface area contributed by atoms with Gasteiger partial charge in [0.1, 0.15) is 0 Å². The summed E-state index contributed by atoms with van der Waals surface area (Å²) in [5, 5.41) is 69.7. The molecule has 34 heavy (non-hydrogen) atoms. The van der Waals surface area contributed by atoms with Crippen LogP contribution in [0.25, 0.3) is 0 Å². The van der Waals surface area contributed by atoms with Crippen LogP contribution in [0, 0.1) is 0 Å². The predicted octanol–water partition coefficient (Wildman–Crippen LogP) is -3.35. The van der Waals surface area contributed by atoms with Crippen molar-refractivity contribution in [2.24, 2.45) is 0 Å². The summed E-state index contributed by atoms with van der Waals surface area (Å²) in [6, 6.07) is 0. The van der Waals surface area contributed by atoms with Gasteiger partial charge in [0.25, 0.3) is 0 Å². The maximum absolute atomic E-state index is 8.56. The normalized spacial score (nSPS) is 3.53. The predicted molar refractivity (Wildman–Crippen MR) is 106 cm³/mol. The third-order valence-corrected chi connectivity index (χ3v) is 0. The van der Waals surface area contributed by atoms with Crippen LogP contribution in [0.3, 0.4) is 0 Å². The van der Waals surface area contributed by atoms with E-state index in [0.29, 0.717) is 0 Å². The maximum atomic E-state index is 8.56. The van der Waals surface area contributed by atoms with E-state index < -0.39 is 30.8 Å². The second-order valence-corrected chi connectivity index (χ2v) is 1.41. The molecule has 0 spiro atoms. The van der Waals surface area contributed by atoms with Crippen molar-refractivity contribution in [3.05, 3.63) is 0 Å². The molecule has 0 aliphatic carbocycles. The molecule has 12 N–H and O–H groups in total. The molecule has 0 saturated carbocycles. The molecule has 0 radical (unpaired) electrons. The van der Waals surface area contributed by atoms with Crippen LogP contribution in [0.5, 0.6) is 0 Å². The molecule has 0 atom stereocenters. The Balaban J connectivity index is -0.00000000441. The van der Waals surface area contributed by atoms with E-state index in [9.17, 15) is 0 Å². The molecule has 21 nitrogen and oxygen atoms in total. The third-order valence-electron chi connectivity index (χ3n) is 0. The molecule has 0 saturated heterocycles. The van der Waals surface area contributed by atoms with Gasteiger partial charge in [0, 0.05) is 0 Å². The molecule has 0 heterocycles. The fraction of sp³-hybridized carbons (Fsp3) is 0. The molecule has 0 amide bonds. The first kappa shape index (κ1) is 147. The first-order chi connectivity index (χ1) is 8.66. The molecule has 0 aromatic rings. The minimum atomic E-state index is -1.83. The average molecular weight is 676 g/mol. The molecule has 168 valence electrons. The number of carbonyl (C=O) groups is 5. The van der Waals surface area contributed by atoms with E-state index in [-0.39, 0.29) is 253 Å². The standard InChI is InChI=1S/5CH2O3.4Al.4Ca.H2O.5O/c5*2-1(3)4;;;;;;;;;;;;;;/h5*(H2,2,3,4);;;;;;;;;1H2;;;;;/q;;;;;4*+3;4*+2;;5*-2. The van der Waals surface area contributed by atoms with E-state index in [1.807, 2.05) is 0 Å². The van der Waals surface area contributed by atoms with Crippen LogP contribution in [0.4, 0.5) is 24.0 Å². The van der Waals surface area contributed by atoms with Crippen molar-refractivity contribution in [1.29, 1.82) is 0 Å². The molecular weight excluding hydrogens is 664 g/mol. The minimum absolute atomic E-state index is 0. The van der Waals surface area contributed by atoms with Gasteiger partial charge in [-0.05, 0) is 0 Å². The molecule has 0 aliphatic rings. The summed E-state index contributed by atoms with van der Waals surface area (Å²) >= 11 is 0. The van der Waals surface area contributed by atoms with Crippen molar-refractivity contribution in [3.8, 4) is 0 Å². The topological polar surface area (TPSA) is 462 Å². The summed E-state index contributed by atoms with van der Waals surface area (Å²) in [6.45, 7) is 0. The summed E-state index contributed by atoms with van der Waals surface area (Å²) in [5.74, 6) is 0. The second-order valence-electron chi connectivity index (χ2n) is 1.41. The van der Waals surface area contributed by atoms with E-state index in [2.05, 4.69) is 0 Å². The average Bonchev–Trinajstić information content (AvgIpc) is 1.94. The zero-order chi connectivity index (χ0) is 17.9. The fourth-order valence-corrected chi connectivity index (χ4v) is 0. The Hall–Kier alpha value is 3.28. The number of rotatable bonds is 0. The molecule has 0 bridgehead atoms. The van der Waals surface area contributed by atoms with Gasteiger partial charge >= 0.3 is 251 Å². The van der Waals surface area contributed by atoms with Crippen molar-refractivity contribution >= 4 is 251 Å². The van der Waals surface area contributed by atoms with Crippen molar-refractivity contribution in [2.45, 2.75) is 0 Å². The second kappa shape index (κ2) is 135. The van der Waals surface area contributed by atoms with Gasteiger partial charge < -0.3 is 83.9 Å². The van der Waals surface area contributed by atoms with Crippen molar-refractivity contribution in [3.63, 3.8) is 0 Å². The van der Waals surface area contributed by atoms with E-state index in [4.69, 9.17) is 75.0 Å². The summed E-state index contributed by atoms with van der Waals surface area (Å²) in [5.41, 5.74) is 0. The van der Waals surface area contributed by atoms with Gasteiger partial charge in [0.15, 0.2) is 0 Å². The Bertz CT molecular complexity index is 238. The summed E-state index contributed by atoms with van der Waals surface area (Å²) in [4.78, 5) is 42.8. The quantitative estimate of drug-likeness (QED) is 0.112. The SMILES string of the molecule is O.O=C(O)O.O=C(O)O.O=C(O)O.O=C(O)O.O=C(O)O.[Al+3].[Al+3].[Al+3].[Al+3].[Ca+2].[Ca+2].[Ca+2].[Ca+2].[O-2].[O-2].[O-2].[O-2].[O-2]. The summed E-state index contributed by atoms with van der Waals surface area (Å²) in [6.07, 6.45) is -9.17. The van der Waals surface area contributed by atoms with Gasteiger partial charge in [-0.25, -0.2) is 24.0 Å². The van der Waals surface area contributed by atoms with E-state index >= 15 is 0 Å². The van der Waals surface area contributed by atoms with Gasteiger partial charge in [0.05, 0.1) is 0 Å². The minimum Gasteiger partial charge on any atom is -2.00 e. The van der Waals surface area contributed by atoms with Crippen LogP contribution in [0.2, 0.25) is 0 Å². The van der Waals surface area contributed by atoms with Gasteiger partial charge in [-0.1, -0.05) is 0 Å². The molecular formula is C5H12Al4Ca4O21+10. The van der Waals surface area contributed by atoms with Gasteiger partial charge in [0.2, 0.25) is 0 Å². The third kappa shape index (κ3) is 3860. The molecule has 0 rings (SSSR count).